The molecule has 1 aliphatic rings. The smallest absolute Gasteiger partial charge is 0.323 e. The van der Waals surface area contributed by atoms with Crippen molar-refractivity contribution in [1.82, 2.24) is 4.90 Å². The highest BCUT2D eigenvalue weighted by Gasteiger charge is 2.21. The van der Waals surface area contributed by atoms with E-state index in [1.54, 1.807) is 18.2 Å². The first kappa shape index (κ1) is 16.8. The molecule has 0 bridgehead atoms. The molecule has 0 atom stereocenters. The topological polar surface area (TPSA) is 76.1 Å². The molecular weight excluding hydrogens is 322 g/mol. The van der Waals surface area contributed by atoms with E-state index in [4.69, 9.17) is 14.6 Å². The van der Waals surface area contributed by atoms with Gasteiger partial charge in [-0.05, 0) is 30.2 Å². The Balaban J connectivity index is 1.75. The third kappa shape index (κ3) is 4.29. The van der Waals surface area contributed by atoms with Gasteiger partial charge in [-0.3, -0.25) is 9.59 Å². The molecule has 2 aromatic carbocycles. The number of fused-ring (bicyclic) bond motifs is 1. The summed E-state index contributed by atoms with van der Waals surface area (Å²) < 4.78 is 10.9. The Morgan fingerprint density at radius 1 is 1.00 bits per heavy atom. The second kappa shape index (κ2) is 7.70. The fourth-order valence-electron chi connectivity index (χ4n) is 2.68. The fraction of sp³-hybridized carbons (Fsp3) is 0.263. The summed E-state index contributed by atoms with van der Waals surface area (Å²) in [6.07, 6.45) is 0.588. The van der Waals surface area contributed by atoms with Crippen LogP contribution in [0.25, 0.3) is 0 Å². The molecule has 0 aliphatic carbocycles. The zero-order chi connectivity index (χ0) is 17.6. The molecule has 0 fully saturated rings. The van der Waals surface area contributed by atoms with Crippen LogP contribution in [0.2, 0.25) is 0 Å². The lowest BCUT2D eigenvalue weighted by molar-refractivity contribution is -0.137. The van der Waals surface area contributed by atoms with Gasteiger partial charge in [-0.15, -0.1) is 0 Å². The van der Waals surface area contributed by atoms with Crippen molar-refractivity contribution in [3.63, 3.8) is 0 Å². The molecule has 25 heavy (non-hydrogen) atoms. The number of hydrogen-bond acceptors (Lipinski definition) is 4. The molecule has 0 radical (unpaired) electrons. The molecule has 130 valence electrons. The first-order valence-corrected chi connectivity index (χ1v) is 8.08. The molecule has 0 saturated heterocycles. The number of aliphatic carboxylic acids is 1. The van der Waals surface area contributed by atoms with Gasteiger partial charge in [0.1, 0.15) is 19.8 Å². The molecule has 0 unspecified atom stereocenters. The van der Waals surface area contributed by atoms with Crippen molar-refractivity contribution >= 4 is 11.9 Å². The van der Waals surface area contributed by atoms with Crippen LogP contribution < -0.4 is 9.47 Å². The highest BCUT2D eigenvalue weighted by atomic mass is 16.6. The summed E-state index contributed by atoms with van der Waals surface area (Å²) in [7, 11) is 0. The number of carboxylic acid groups (broad SMARTS) is 1. The van der Waals surface area contributed by atoms with E-state index in [-0.39, 0.29) is 12.5 Å². The maximum Gasteiger partial charge on any atom is 0.323 e. The Bertz CT molecular complexity index is 760. The van der Waals surface area contributed by atoms with Gasteiger partial charge in [0.05, 0.1) is 0 Å². The van der Waals surface area contributed by atoms with Crippen LogP contribution in [0.3, 0.4) is 0 Å². The molecule has 2 aromatic rings. The van der Waals surface area contributed by atoms with Crippen LogP contribution >= 0.6 is 0 Å². The van der Waals surface area contributed by atoms with E-state index in [1.165, 1.54) is 4.90 Å². The predicted molar refractivity (Wildman–Crippen MR) is 91.1 cm³/mol. The highest BCUT2D eigenvalue weighted by molar-refractivity contribution is 5.96. The van der Waals surface area contributed by atoms with Gasteiger partial charge in [0.2, 0.25) is 0 Å². The van der Waals surface area contributed by atoms with E-state index in [0.29, 0.717) is 43.2 Å². The zero-order valence-corrected chi connectivity index (χ0v) is 13.7. The van der Waals surface area contributed by atoms with Crippen LogP contribution in [0.4, 0.5) is 0 Å². The fourth-order valence-corrected chi connectivity index (χ4v) is 2.68. The summed E-state index contributed by atoms with van der Waals surface area (Å²) in [5.74, 6) is -0.276. The number of rotatable bonds is 6. The molecule has 0 aromatic heterocycles. The van der Waals surface area contributed by atoms with Gasteiger partial charge in [-0.2, -0.15) is 0 Å². The summed E-state index contributed by atoms with van der Waals surface area (Å²) in [6, 6.07) is 14.6. The van der Waals surface area contributed by atoms with Crippen molar-refractivity contribution in [2.45, 2.75) is 6.42 Å². The number of carboxylic acids is 1. The van der Waals surface area contributed by atoms with Crippen LogP contribution in [0, 0.1) is 0 Å². The summed E-state index contributed by atoms with van der Waals surface area (Å²) in [5, 5.41) is 9.13. The lowest BCUT2D eigenvalue weighted by atomic mass is 10.1. The van der Waals surface area contributed by atoms with E-state index < -0.39 is 5.97 Å². The zero-order valence-electron chi connectivity index (χ0n) is 13.7. The van der Waals surface area contributed by atoms with Gasteiger partial charge in [0.15, 0.2) is 11.5 Å². The molecule has 1 aliphatic heterocycles. The number of nitrogens with zero attached hydrogens (tertiary/aromatic N) is 1. The van der Waals surface area contributed by atoms with Crippen molar-refractivity contribution in [3.8, 4) is 11.5 Å². The maximum atomic E-state index is 12.8. The number of hydrogen-bond donors (Lipinski definition) is 1. The number of amides is 1. The van der Waals surface area contributed by atoms with Crippen molar-refractivity contribution < 1.29 is 24.2 Å². The lowest BCUT2D eigenvalue weighted by Gasteiger charge is -2.23. The summed E-state index contributed by atoms with van der Waals surface area (Å²) >= 11 is 0. The van der Waals surface area contributed by atoms with Crippen molar-refractivity contribution in [2.24, 2.45) is 0 Å². The molecule has 1 heterocycles. The number of carbonyl (C=O) groups is 2. The Kier molecular flexibility index (Phi) is 5.18. The standard InChI is InChI=1S/C19H19NO5/c21-18(22)13-20(9-8-14-4-2-1-3-5-14)19(23)15-6-7-16-17(12-15)25-11-10-24-16/h1-7,12H,8-11,13H2,(H,21,22). The van der Waals surface area contributed by atoms with Crippen LogP contribution in [0.1, 0.15) is 15.9 Å². The minimum Gasteiger partial charge on any atom is -0.486 e. The quantitative estimate of drug-likeness (QED) is 0.872. The Labute approximate surface area is 145 Å². The molecule has 0 spiro atoms. The van der Waals surface area contributed by atoms with Gasteiger partial charge in [0.25, 0.3) is 5.91 Å². The van der Waals surface area contributed by atoms with Crippen molar-refractivity contribution in [1.29, 1.82) is 0 Å². The summed E-state index contributed by atoms with van der Waals surface area (Å²) in [6.45, 7) is 0.879. The van der Waals surface area contributed by atoms with Crippen molar-refractivity contribution in [2.75, 3.05) is 26.3 Å². The van der Waals surface area contributed by atoms with Crippen LogP contribution in [-0.4, -0.2) is 48.2 Å². The summed E-state index contributed by atoms with van der Waals surface area (Å²) in [4.78, 5) is 25.2. The van der Waals surface area contributed by atoms with E-state index >= 15 is 0 Å². The first-order chi connectivity index (χ1) is 12.1. The first-order valence-electron chi connectivity index (χ1n) is 8.08. The third-order valence-electron chi connectivity index (χ3n) is 3.92. The summed E-state index contributed by atoms with van der Waals surface area (Å²) in [5.41, 5.74) is 1.44. The Morgan fingerprint density at radius 2 is 1.72 bits per heavy atom. The van der Waals surface area contributed by atoms with Gasteiger partial charge < -0.3 is 19.5 Å². The van der Waals surface area contributed by atoms with Crippen LogP contribution in [-0.2, 0) is 11.2 Å². The Hall–Kier alpha value is -3.02. The highest BCUT2D eigenvalue weighted by Crippen LogP contribution is 2.31. The molecule has 1 N–H and O–H groups in total. The monoisotopic (exact) mass is 341 g/mol. The van der Waals surface area contributed by atoms with Gasteiger partial charge in [0, 0.05) is 12.1 Å². The molecule has 3 rings (SSSR count). The predicted octanol–water partition coefficient (Wildman–Crippen LogP) is 2.23. The average molecular weight is 341 g/mol. The van der Waals surface area contributed by atoms with Crippen LogP contribution in [0.5, 0.6) is 11.5 Å². The largest absolute Gasteiger partial charge is 0.486 e. The van der Waals surface area contributed by atoms with Gasteiger partial charge in [-0.1, -0.05) is 30.3 Å². The van der Waals surface area contributed by atoms with E-state index in [1.807, 2.05) is 30.3 Å². The normalized spacial score (nSPS) is 12.5. The second-order valence-corrected chi connectivity index (χ2v) is 5.71. The maximum absolute atomic E-state index is 12.8. The minimum atomic E-state index is -1.04. The molecule has 1 amide bonds. The number of benzene rings is 2. The number of ether oxygens (including phenoxy) is 2. The molecule has 0 saturated carbocycles. The van der Waals surface area contributed by atoms with Crippen LogP contribution in [0.15, 0.2) is 48.5 Å². The van der Waals surface area contributed by atoms with Gasteiger partial charge >= 0.3 is 5.97 Å². The third-order valence-corrected chi connectivity index (χ3v) is 3.92. The van der Waals surface area contributed by atoms with E-state index in [9.17, 15) is 9.59 Å². The SMILES string of the molecule is O=C(O)CN(CCc1ccccc1)C(=O)c1ccc2c(c1)OCCO2. The Morgan fingerprint density at radius 3 is 2.44 bits per heavy atom. The average Bonchev–Trinajstić information content (AvgIpc) is 2.64. The molecule has 6 heteroatoms. The second-order valence-electron chi connectivity index (χ2n) is 5.71. The molecular formula is C19H19NO5. The minimum absolute atomic E-state index is 0.323. The van der Waals surface area contributed by atoms with E-state index in [0.717, 1.165) is 5.56 Å². The molecule has 6 nitrogen and oxygen atoms in total. The lowest BCUT2D eigenvalue weighted by Crippen LogP contribution is -2.37. The van der Waals surface area contributed by atoms with E-state index in [2.05, 4.69) is 0 Å². The van der Waals surface area contributed by atoms with Crippen molar-refractivity contribution in [3.05, 3.63) is 59.7 Å². The van der Waals surface area contributed by atoms with Gasteiger partial charge in [-0.25, -0.2) is 0 Å². The number of carbonyl (C=O) groups excluding carboxylic acids is 1.